The Morgan fingerprint density at radius 1 is 1.30 bits per heavy atom. The van der Waals surface area contributed by atoms with Crippen molar-refractivity contribution < 1.29 is 9.18 Å². The van der Waals surface area contributed by atoms with Crippen molar-refractivity contribution in [1.29, 1.82) is 0 Å². The highest BCUT2D eigenvalue weighted by molar-refractivity contribution is 7.21. The number of nitrogens with zero attached hydrogens (tertiary/aromatic N) is 3. The summed E-state index contributed by atoms with van der Waals surface area (Å²) in [4.78, 5) is 15.9. The molecule has 0 radical (unpaired) electrons. The summed E-state index contributed by atoms with van der Waals surface area (Å²) in [6.45, 7) is 1.86. The quantitative estimate of drug-likeness (QED) is 0.770. The van der Waals surface area contributed by atoms with E-state index in [2.05, 4.69) is 10.2 Å². The molecular weight excluding hydrogens is 313 g/mol. The number of rotatable bonds is 1. The van der Waals surface area contributed by atoms with Crippen molar-refractivity contribution in [3.8, 4) is 0 Å². The molecule has 2 unspecified atom stereocenters. The van der Waals surface area contributed by atoms with Gasteiger partial charge in [-0.05, 0) is 37.5 Å². The molecule has 1 aromatic heterocycles. The monoisotopic (exact) mass is 329 g/mol. The predicted molar refractivity (Wildman–Crippen MR) is 86.3 cm³/mol. The van der Waals surface area contributed by atoms with Gasteiger partial charge in [0.2, 0.25) is 0 Å². The van der Waals surface area contributed by atoms with Crippen molar-refractivity contribution in [2.45, 2.75) is 50.4 Å². The first-order chi connectivity index (χ1) is 11.1. The number of hydrogen-bond donors (Lipinski definition) is 0. The maximum Gasteiger partial charge on any atom is 0.264 e. The van der Waals surface area contributed by atoms with E-state index in [1.54, 1.807) is 6.07 Å². The lowest BCUT2D eigenvalue weighted by Crippen LogP contribution is -2.49. The van der Waals surface area contributed by atoms with E-state index in [0.29, 0.717) is 10.3 Å². The number of halogens is 1. The fourth-order valence-corrected chi connectivity index (χ4v) is 5.51. The lowest BCUT2D eigenvalue weighted by molar-refractivity contribution is 0.0553. The number of benzene rings is 1. The molecule has 4 heterocycles. The Morgan fingerprint density at radius 2 is 2.00 bits per heavy atom. The van der Waals surface area contributed by atoms with Gasteiger partial charge in [0.05, 0.1) is 4.88 Å². The molecule has 5 rings (SSSR count). The zero-order chi connectivity index (χ0) is 15.8. The standard InChI is InChI=1S/C17H16FN3OS/c1-9-14-12(18)3-2-4-13(14)23-15(9)16(22)21-10-5-6-11(21)8-17(7-10)19-20-17/h2-4,10-11H,5-8H2,1H3. The molecule has 3 aliphatic heterocycles. The van der Waals surface area contributed by atoms with Crippen LogP contribution in [0.3, 0.4) is 0 Å². The summed E-state index contributed by atoms with van der Waals surface area (Å²) in [6, 6.07) is 5.50. The number of carbonyl (C=O) groups is 1. The number of carbonyl (C=O) groups excluding carboxylic acids is 1. The lowest BCUT2D eigenvalue weighted by atomic mass is 9.93. The second-order valence-electron chi connectivity index (χ2n) is 6.86. The lowest BCUT2D eigenvalue weighted by Gasteiger charge is -2.37. The third kappa shape index (κ3) is 1.84. The smallest absolute Gasteiger partial charge is 0.264 e. The molecule has 0 saturated carbocycles. The highest BCUT2D eigenvalue weighted by Crippen LogP contribution is 2.50. The van der Waals surface area contributed by atoms with Crippen molar-refractivity contribution in [2.24, 2.45) is 10.2 Å². The van der Waals surface area contributed by atoms with Gasteiger partial charge in [-0.1, -0.05) is 6.07 Å². The highest BCUT2D eigenvalue weighted by atomic mass is 32.1. The Balaban J connectivity index is 1.54. The molecule has 2 fully saturated rings. The summed E-state index contributed by atoms with van der Waals surface area (Å²) in [5.74, 6) is -0.183. The first kappa shape index (κ1) is 13.6. The molecule has 3 aliphatic rings. The molecular formula is C17H16FN3OS. The molecule has 1 spiro atoms. The average Bonchev–Trinajstić information content (AvgIpc) is 3.08. The van der Waals surface area contributed by atoms with Gasteiger partial charge >= 0.3 is 0 Å². The van der Waals surface area contributed by atoms with E-state index in [-0.39, 0.29) is 29.5 Å². The normalized spacial score (nSPS) is 27.1. The molecule has 118 valence electrons. The van der Waals surface area contributed by atoms with Crippen LogP contribution in [0.4, 0.5) is 4.39 Å². The van der Waals surface area contributed by atoms with Crippen molar-refractivity contribution >= 4 is 27.3 Å². The summed E-state index contributed by atoms with van der Waals surface area (Å²) >= 11 is 1.41. The van der Waals surface area contributed by atoms with Crippen LogP contribution in [0.5, 0.6) is 0 Å². The maximum absolute atomic E-state index is 14.1. The first-order valence-corrected chi connectivity index (χ1v) is 8.84. The van der Waals surface area contributed by atoms with Gasteiger partial charge in [-0.3, -0.25) is 4.79 Å². The van der Waals surface area contributed by atoms with Gasteiger partial charge in [0.15, 0.2) is 5.66 Å². The van der Waals surface area contributed by atoms with Gasteiger partial charge in [0.25, 0.3) is 5.91 Å². The van der Waals surface area contributed by atoms with E-state index in [4.69, 9.17) is 0 Å². The fourth-order valence-electron chi connectivity index (χ4n) is 4.34. The zero-order valence-electron chi connectivity index (χ0n) is 12.8. The van der Waals surface area contributed by atoms with Crippen molar-refractivity contribution in [3.05, 3.63) is 34.5 Å². The number of fused-ring (bicyclic) bond motifs is 3. The van der Waals surface area contributed by atoms with Crippen molar-refractivity contribution in [1.82, 2.24) is 4.90 Å². The predicted octanol–water partition coefficient (Wildman–Crippen LogP) is 4.28. The van der Waals surface area contributed by atoms with Crippen LogP contribution in [-0.2, 0) is 0 Å². The molecule has 2 saturated heterocycles. The van der Waals surface area contributed by atoms with Crippen LogP contribution >= 0.6 is 11.3 Å². The molecule has 1 amide bonds. The van der Waals surface area contributed by atoms with Gasteiger partial charge in [-0.2, -0.15) is 10.2 Å². The largest absolute Gasteiger partial charge is 0.332 e. The Hall–Kier alpha value is -1.82. The molecule has 2 aromatic rings. The summed E-state index contributed by atoms with van der Waals surface area (Å²) < 4.78 is 14.9. The fraction of sp³-hybridized carbons (Fsp3) is 0.471. The molecule has 0 aliphatic carbocycles. The number of piperidine rings is 1. The van der Waals surface area contributed by atoms with E-state index >= 15 is 0 Å². The summed E-state index contributed by atoms with van der Waals surface area (Å²) in [5.41, 5.74) is 0.595. The second-order valence-corrected chi connectivity index (χ2v) is 7.91. The molecule has 1 aromatic carbocycles. The van der Waals surface area contributed by atoms with Gasteiger partial charge < -0.3 is 4.90 Å². The van der Waals surface area contributed by atoms with Crippen LogP contribution in [0.1, 0.15) is 40.9 Å². The Morgan fingerprint density at radius 3 is 2.61 bits per heavy atom. The van der Waals surface area contributed by atoms with Gasteiger partial charge in [-0.15, -0.1) is 11.3 Å². The minimum absolute atomic E-state index is 0.0612. The summed E-state index contributed by atoms with van der Waals surface area (Å²) in [6.07, 6.45) is 3.77. The maximum atomic E-state index is 14.1. The van der Waals surface area contributed by atoms with Gasteiger partial charge in [0.1, 0.15) is 5.82 Å². The average molecular weight is 329 g/mol. The Kier molecular flexibility index (Phi) is 2.59. The Bertz CT molecular complexity index is 852. The molecule has 0 N–H and O–H groups in total. The van der Waals surface area contributed by atoms with E-state index in [1.807, 2.05) is 17.9 Å². The van der Waals surface area contributed by atoms with E-state index in [9.17, 15) is 9.18 Å². The number of aryl methyl sites for hydroxylation is 1. The zero-order valence-corrected chi connectivity index (χ0v) is 13.6. The third-order valence-corrected chi connectivity index (χ3v) is 6.70. The van der Waals surface area contributed by atoms with Crippen LogP contribution in [0.15, 0.2) is 28.4 Å². The van der Waals surface area contributed by atoms with Gasteiger partial charge in [0, 0.05) is 35.0 Å². The van der Waals surface area contributed by atoms with Crippen molar-refractivity contribution in [3.63, 3.8) is 0 Å². The van der Waals surface area contributed by atoms with Gasteiger partial charge in [-0.25, -0.2) is 4.39 Å². The van der Waals surface area contributed by atoms with Crippen LogP contribution in [0.2, 0.25) is 0 Å². The summed E-state index contributed by atoms with van der Waals surface area (Å²) in [7, 11) is 0. The Labute approximate surface area is 137 Å². The molecule has 2 atom stereocenters. The molecule has 4 nitrogen and oxygen atoms in total. The number of thiophene rings is 1. The number of amides is 1. The van der Waals surface area contributed by atoms with Crippen LogP contribution < -0.4 is 0 Å². The minimum atomic E-state index is -0.244. The van der Waals surface area contributed by atoms with Crippen molar-refractivity contribution in [2.75, 3.05) is 0 Å². The van der Waals surface area contributed by atoms with Crippen LogP contribution in [0.25, 0.3) is 10.1 Å². The topological polar surface area (TPSA) is 45.0 Å². The number of hydrogen-bond acceptors (Lipinski definition) is 4. The molecule has 2 bridgehead atoms. The van der Waals surface area contributed by atoms with E-state index < -0.39 is 0 Å². The third-order valence-electron chi connectivity index (χ3n) is 5.46. The van der Waals surface area contributed by atoms with E-state index in [0.717, 1.165) is 35.9 Å². The van der Waals surface area contributed by atoms with E-state index in [1.165, 1.54) is 17.4 Å². The molecule has 6 heteroatoms. The van der Waals surface area contributed by atoms with Crippen LogP contribution in [0, 0.1) is 12.7 Å². The SMILES string of the molecule is Cc1c(C(=O)N2C3CCC2CC2(C3)N=N2)sc2cccc(F)c12. The summed E-state index contributed by atoms with van der Waals surface area (Å²) in [5, 5.41) is 9.00. The van der Waals surface area contributed by atoms with Crippen LogP contribution in [-0.4, -0.2) is 28.6 Å². The second kappa shape index (κ2) is 4.38. The first-order valence-electron chi connectivity index (χ1n) is 8.02. The highest BCUT2D eigenvalue weighted by Gasteiger charge is 2.55. The minimum Gasteiger partial charge on any atom is -0.332 e. The molecule has 23 heavy (non-hydrogen) atoms.